The van der Waals surface area contributed by atoms with Crippen molar-refractivity contribution in [2.24, 2.45) is 0 Å². The quantitative estimate of drug-likeness (QED) is 0.423. The Morgan fingerprint density at radius 3 is 2.41 bits per heavy atom. The van der Waals surface area contributed by atoms with Gasteiger partial charge in [-0.1, -0.05) is 0 Å². The molecular formula is C19H24FN5O8S. The summed E-state index contributed by atoms with van der Waals surface area (Å²) in [4.78, 5) is 35.6. The number of nitrogens with one attached hydrogen (secondary N) is 2. The standard InChI is InChI=1S/C19H24FN5O8S/c1-11-5-6-21-13(7-12(2)33-16(26)9-32-10-20)17(11)34(28,29)25-19(27)24-18-22-14(30-3)8-15(23-18)31-4/h5-6,8,12H,7,9-10H2,1-4H3,(H2,22,23,24,25,27). The zero-order valence-corrected chi connectivity index (χ0v) is 19.6. The first-order valence-corrected chi connectivity index (χ1v) is 11.2. The van der Waals surface area contributed by atoms with Gasteiger partial charge in [-0.2, -0.15) is 9.97 Å². The van der Waals surface area contributed by atoms with E-state index in [0.717, 1.165) is 0 Å². The van der Waals surface area contributed by atoms with Gasteiger partial charge in [0.2, 0.25) is 17.7 Å². The van der Waals surface area contributed by atoms with Crippen molar-refractivity contribution in [2.45, 2.75) is 31.3 Å². The van der Waals surface area contributed by atoms with Gasteiger partial charge < -0.3 is 18.9 Å². The molecule has 2 aromatic heterocycles. The first-order chi connectivity index (χ1) is 16.1. The normalized spacial score (nSPS) is 11.9. The van der Waals surface area contributed by atoms with Gasteiger partial charge in [0.1, 0.15) is 17.6 Å². The lowest BCUT2D eigenvalue weighted by atomic mass is 10.1. The van der Waals surface area contributed by atoms with E-state index in [1.165, 1.54) is 46.4 Å². The molecule has 0 aromatic carbocycles. The van der Waals surface area contributed by atoms with E-state index in [-0.39, 0.29) is 34.7 Å². The van der Waals surface area contributed by atoms with Crippen molar-refractivity contribution >= 4 is 28.0 Å². The molecule has 0 saturated carbocycles. The summed E-state index contributed by atoms with van der Waals surface area (Å²) in [6.07, 6.45) is 0.461. The number of aromatic nitrogens is 3. The number of pyridine rings is 1. The third-order valence-electron chi connectivity index (χ3n) is 4.10. The predicted molar refractivity (Wildman–Crippen MR) is 115 cm³/mol. The number of ether oxygens (including phenoxy) is 4. The van der Waals surface area contributed by atoms with E-state index in [9.17, 15) is 22.4 Å². The number of sulfonamides is 1. The zero-order valence-electron chi connectivity index (χ0n) is 18.8. The van der Waals surface area contributed by atoms with Gasteiger partial charge in [0.05, 0.1) is 26.0 Å². The van der Waals surface area contributed by atoms with Crippen LogP contribution in [0.2, 0.25) is 0 Å². The molecule has 0 fully saturated rings. The Morgan fingerprint density at radius 2 is 1.82 bits per heavy atom. The molecule has 2 amide bonds. The van der Waals surface area contributed by atoms with Crippen LogP contribution in [0, 0.1) is 6.92 Å². The van der Waals surface area contributed by atoms with E-state index < -0.39 is 41.6 Å². The van der Waals surface area contributed by atoms with E-state index in [4.69, 9.17) is 14.2 Å². The smallest absolute Gasteiger partial charge is 0.335 e. The molecule has 0 aliphatic rings. The number of halogens is 1. The van der Waals surface area contributed by atoms with Crippen LogP contribution in [-0.2, 0) is 30.7 Å². The topological polar surface area (TPSA) is 168 Å². The molecule has 186 valence electrons. The second-order valence-corrected chi connectivity index (χ2v) is 8.32. The van der Waals surface area contributed by atoms with Crippen LogP contribution in [0.1, 0.15) is 18.2 Å². The Labute approximate surface area is 195 Å². The maximum atomic E-state index is 13.0. The first-order valence-electron chi connectivity index (χ1n) is 9.68. The van der Waals surface area contributed by atoms with Crippen LogP contribution in [0.25, 0.3) is 0 Å². The molecule has 0 spiro atoms. The summed E-state index contributed by atoms with van der Waals surface area (Å²) < 4.78 is 59.2. The number of methoxy groups -OCH3 is 2. The van der Waals surface area contributed by atoms with Crippen molar-refractivity contribution in [2.75, 3.05) is 33.0 Å². The van der Waals surface area contributed by atoms with E-state index in [1.807, 2.05) is 4.72 Å². The fourth-order valence-corrected chi connectivity index (χ4v) is 4.11. The molecule has 0 aliphatic heterocycles. The lowest BCUT2D eigenvalue weighted by Crippen LogP contribution is -2.36. The fraction of sp³-hybridized carbons (Fsp3) is 0.421. The fourth-order valence-electron chi connectivity index (χ4n) is 2.78. The van der Waals surface area contributed by atoms with Crippen molar-refractivity contribution < 1.29 is 41.3 Å². The van der Waals surface area contributed by atoms with Crippen molar-refractivity contribution in [1.29, 1.82) is 0 Å². The number of nitrogens with zero attached hydrogens (tertiary/aromatic N) is 3. The summed E-state index contributed by atoms with van der Waals surface area (Å²) >= 11 is 0. The van der Waals surface area contributed by atoms with E-state index >= 15 is 0 Å². The molecule has 34 heavy (non-hydrogen) atoms. The number of hydrogen-bond donors (Lipinski definition) is 2. The van der Waals surface area contributed by atoms with Gasteiger partial charge in [-0.05, 0) is 25.5 Å². The number of rotatable bonds is 11. The van der Waals surface area contributed by atoms with Crippen molar-refractivity contribution in [1.82, 2.24) is 19.7 Å². The monoisotopic (exact) mass is 501 g/mol. The van der Waals surface area contributed by atoms with Gasteiger partial charge in [0.15, 0.2) is 6.86 Å². The van der Waals surface area contributed by atoms with Crippen molar-refractivity contribution in [3.63, 3.8) is 0 Å². The third-order valence-corrected chi connectivity index (χ3v) is 5.65. The highest BCUT2D eigenvalue weighted by atomic mass is 32.2. The Kier molecular flexibility index (Phi) is 9.44. The molecule has 0 aliphatic carbocycles. The predicted octanol–water partition coefficient (Wildman–Crippen LogP) is 1.13. The molecule has 0 radical (unpaired) electrons. The summed E-state index contributed by atoms with van der Waals surface area (Å²) in [5.41, 5.74) is 0.343. The molecule has 2 N–H and O–H groups in total. The number of aryl methyl sites for hydroxylation is 1. The lowest BCUT2D eigenvalue weighted by molar-refractivity contribution is -0.155. The Hall–Kier alpha value is -3.59. The molecule has 2 heterocycles. The second kappa shape index (κ2) is 12.0. The molecule has 0 saturated heterocycles. The molecular weight excluding hydrogens is 477 g/mol. The number of hydrogen-bond acceptors (Lipinski definition) is 11. The lowest BCUT2D eigenvalue weighted by Gasteiger charge is -2.17. The summed E-state index contributed by atoms with van der Waals surface area (Å²) in [5, 5.41) is 2.20. The van der Waals surface area contributed by atoms with E-state index in [1.54, 1.807) is 0 Å². The van der Waals surface area contributed by atoms with Gasteiger partial charge in [0.25, 0.3) is 10.0 Å². The molecule has 1 unspecified atom stereocenters. The number of carbonyl (C=O) groups excluding carboxylic acids is 2. The van der Waals surface area contributed by atoms with Crippen molar-refractivity contribution in [3.05, 3.63) is 29.6 Å². The maximum Gasteiger partial charge on any atom is 0.335 e. The number of amides is 2. The molecule has 13 nitrogen and oxygen atoms in total. The summed E-state index contributed by atoms with van der Waals surface area (Å²) in [6, 6.07) is 1.66. The number of esters is 1. The second-order valence-electron chi connectivity index (χ2n) is 6.70. The average Bonchev–Trinajstić information content (AvgIpc) is 2.76. The van der Waals surface area contributed by atoms with Crippen LogP contribution in [-0.4, -0.2) is 69.2 Å². The third kappa shape index (κ3) is 7.48. The zero-order chi connectivity index (χ0) is 25.3. The Bertz CT molecular complexity index is 1110. The summed E-state index contributed by atoms with van der Waals surface area (Å²) in [6.45, 7) is 1.28. The van der Waals surface area contributed by atoms with Crippen LogP contribution < -0.4 is 19.5 Å². The highest BCUT2D eigenvalue weighted by Crippen LogP contribution is 2.21. The average molecular weight is 501 g/mol. The molecule has 2 rings (SSSR count). The Morgan fingerprint density at radius 1 is 1.18 bits per heavy atom. The van der Waals surface area contributed by atoms with Gasteiger partial charge in [-0.15, -0.1) is 0 Å². The minimum absolute atomic E-state index is 0.0475. The largest absolute Gasteiger partial charge is 0.481 e. The van der Waals surface area contributed by atoms with Gasteiger partial charge in [-0.3, -0.25) is 10.3 Å². The minimum Gasteiger partial charge on any atom is -0.481 e. The van der Waals surface area contributed by atoms with Crippen LogP contribution in [0.15, 0.2) is 23.2 Å². The molecule has 2 aromatic rings. The molecule has 15 heteroatoms. The highest BCUT2D eigenvalue weighted by Gasteiger charge is 2.26. The summed E-state index contributed by atoms with van der Waals surface area (Å²) in [5.74, 6) is -0.928. The van der Waals surface area contributed by atoms with Crippen LogP contribution in [0.5, 0.6) is 11.8 Å². The number of urea groups is 1. The number of carbonyl (C=O) groups is 2. The summed E-state index contributed by atoms with van der Waals surface area (Å²) in [7, 11) is -1.73. The Balaban J connectivity index is 2.19. The first kappa shape index (κ1) is 26.7. The van der Waals surface area contributed by atoms with Crippen LogP contribution >= 0.6 is 0 Å². The van der Waals surface area contributed by atoms with Gasteiger partial charge in [0, 0.05) is 12.6 Å². The van der Waals surface area contributed by atoms with Gasteiger partial charge in [-0.25, -0.2) is 27.1 Å². The van der Waals surface area contributed by atoms with E-state index in [0.29, 0.717) is 5.56 Å². The molecule has 0 bridgehead atoms. The minimum atomic E-state index is -4.42. The van der Waals surface area contributed by atoms with Gasteiger partial charge >= 0.3 is 12.0 Å². The SMILES string of the molecule is COc1cc(OC)nc(NC(=O)NS(=O)(=O)c2c(C)ccnc2CC(C)OC(=O)COCF)n1. The maximum absolute atomic E-state index is 13.0. The van der Waals surface area contributed by atoms with E-state index in [2.05, 4.69) is 25.0 Å². The van der Waals surface area contributed by atoms with Crippen LogP contribution in [0.3, 0.4) is 0 Å². The number of anilines is 1. The molecule has 1 atom stereocenters. The number of alkyl halides is 1. The van der Waals surface area contributed by atoms with Crippen LogP contribution in [0.4, 0.5) is 15.1 Å². The van der Waals surface area contributed by atoms with Crippen molar-refractivity contribution in [3.8, 4) is 11.8 Å². The highest BCUT2D eigenvalue weighted by molar-refractivity contribution is 7.90.